The van der Waals surface area contributed by atoms with Crippen molar-refractivity contribution in [3.05, 3.63) is 24.0 Å². The second kappa shape index (κ2) is 5.26. The van der Waals surface area contributed by atoms with E-state index in [0.29, 0.717) is 12.2 Å². The van der Waals surface area contributed by atoms with E-state index in [1.54, 1.807) is 12.1 Å². The predicted molar refractivity (Wildman–Crippen MR) is 69.9 cm³/mol. The number of hydrogen-bond acceptors (Lipinski definition) is 4. The van der Waals surface area contributed by atoms with E-state index in [0.717, 1.165) is 12.8 Å². The van der Waals surface area contributed by atoms with Crippen molar-refractivity contribution in [2.75, 3.05) is 11.4 Å². The van der Waals surface area contributed by atoms with Crippen LogP contribution in [0.4, 0.5) is 5.69 Å². The molecular weight excluding hydrogens is 246 g/mol. The van der Waals surface area contributed by atoms with Crippen LogP contribution in [-0.4, -0.2) is 34.6 Å². The third-order valence-electron chi connectivity index (χ3n) is 3.51. The lowest BCUT2D eigenvalue weighted by Crippen LogP contribution is -2.49. The van der Waals surface area contributed by atoms with Gasteiger partial charge in [0.1, 0.15) is 11.7 Å². The van der Waals surface area contributed by atoms with E-state index in [1.807, 2.05) is 11.8 Å². The average Bonchev–Trinajstić information content (AvgIpc) is 2.38. The van der Waals surface area contributed by atoms with Crippen LogP contribution < -0.4 is 10.6 Å². The summed E-state index contributed by atoms with van der Waals surface area (Å²) >= 11 is 0. The first-order chi connectivity index (χ1) is 9.00. The molecule has 102 valence electrons. The molecule has 0 aromatic carbocycles. The lowest BCUT2D eigenvalue weighted by Gasteiger charge is -2.38. The zero-order chi connectivity index (χ0) is 14.0. The van der Waals surface area contributed by atoms with Crippen LogP contribution in [0.1, 0.15) is 30.3 Å². The summed E-state index contributed by atoms with van der Waals surface area (Å²) in [4.78, 5) is 28.2. The Kier molecular flexibility index (Phi) is 3.69. The highest BCUT2D eigenvalue weighted by Crippen LogP contribution is 2.28. The zero-order valence-electron chi connectivity index (χ0n) is 10.7. The molecule has 1 aliphatic rings. The number of aliphatic carboxylic acids is 1. The van der Waals surface area contributed by atoms with Crippen molar-refractivity contribution in [1.82, 2.24) is 4.98 Å². The molecule has 0 bridgehead atoms. The second-order valence-electron chi connectivity index (χ2n) is 4.86. The molecule has 2 unspecified atom stereocenters. The van der Waals surface area contributed by atoms with Gasteiger partial charge >= 0.3 is 5.97 Å². The number of rotatable bonds is 3. The minimum atomic E-state index is -0.843. The van der Waals surface area contributed by atoms with Crippen molar-refractivity contribution >= 4 is 17.6 Å². The Bertz CT molecular complexity index is 504. The molecule has 1 aromatic rings. The third kappa shape index (κ3) is 2.67. The molecule has 0 radical (unpaired) electrons. The van der Waals surface area contributed by atoms with E-state index < -0.39 is 17.9 Å². The molecular formula is C13H17N3O3. The van der Waals surface area contributed by atoms with Gasteiger partial charge in [-0.1, -0.05) is 6.92 Å². The van der Waals surface area contributed by atoms with Crippen LogP contribution in [0.5, 0.6) is 0 Å². The maximum atomic E-state index is 11.4. The summed E-state index contributed by atoms with van der Waals surface area (Å²) in [7, 11) is 0. The molecule has 2 heterocycles. The number of nitrogens with zero attached hydrogens (tertiary/aromatic N) is 2. The van der Waals surface area contributed by atoms with Crippen LogP contribution in [0.3, 0.4) is 0 Å². The van der Waals surface area contributed by atoms with Gasteiger partial charge in [-0.05, 0) is 30.9 Å². The monoisotopic (exact) mass is 263 g/mol. The van der Waals surface area contributed by atoms with E-state index >= 15 is 0 Å². The average molecular weight is 263 g/mol. The standard InChI is InChI=1S/C13H17N3O3/c1-8-3-2-6-16(11(8)13(18)19)9-4-5-15-10(7-9)12(14)17/h4-5,7-8,11H,2-3,6H2,1H3,(H2,14,17)(H,18,19). The predicted octanol–water partition coefficient (Wildman–Crippen LogP) is 0.870. The minimum Gasteiger partial charge on any atom is -0.480 e. The number of amides is 1. The van der Waals surface area contributed by atoms with E-state index in [4.69, 9.17) is 5.73 Å². The number of hydrogen-bond donors (Lipinski definition) is 2. The molecule has 1 aromatic heterocycles. The lowest BCUT2D eigenvalue weighted by molar-refractivity contribution is -0.140. The van der Waals surface area contributed by atoms with Gasteiger partial charge in [0.05, 0.1) is 0 Å². The topological polar surface area (TPSA) is 96.5 Å². The van der Waals surface area contributed by atoms with Gasteiger partial charge < -0.3 is 15.7 Å². The van der Waals surface area contributed by atoms with Gasteiger partial charge in [-0.3, -0.25) is 9.78 Å². The number of carbonyl (C=O) groups is 2. The first kappa shape index (κ1) is 13.3. The SMILES string of the molecule is CC1CCCN(c2ccnc(C(N)=O)c2)C1C(=O)O. The normalized spacial score (nSPS) is 23.1. The summed E-state index contributed by atoms with van der Waals surface area (Å²) in [6, 6.07) is 2.69. The molecule has 1 amide bonds. The van der Waals surface area contributed by atoms with E-state index in [-0.39, 0.29) is 11.6 Å². The van der Waals surface area contributed by atoms with E-state index in [2.05, 4.69) is 4.98 Å². The molecule has 0 aliphatic carbocycles. The summed E-state index contributed by atoms with van der Waals surface area (Å²) in [5, 5.41) is 9.37. The molecule has 2 atom stereocenters. The third-order valence-corrected chi connectivity index (χ3v) is 3.51. The maximum Gasteiger partial charge on any atom is 0.326 e. The Morgan fingerprint density at radius 1 is 1.53 bits per heavy atom. The van der Waals surface area contributed by atoms with Gasteiger partial charge in [0, 0.05) is 18.4 Å². The summed E-state index contributed by atoms with van der Waals surface area (Å²) in [6.07, 6.45) is 3.30. The molecule has 3 N–H and O–H groups in total. The van der Waals surface area contributed by atoms with Crippen molar-refractivity contribution in [2.24, 2.45) is 11.7 Å². The van der Waals surface area contributed by atoms with Gasteiger partial charge in [0.25, 0.3) is 5.91 Å². The number of nitrogens with two attached hydrogens (primary N) is 1. The zero-order valence-corrected chi connectivity index (χ0v) is 10.7. The summed E-state index contributed by atoms with van der Waals surface area (Å²) < 4.78 is 0. The molecule has 0 spiro atoms. The van der Waals surface area contributed by atoms with Crippen LogP contribution in [0.2, 0.25) is 0 Å². The minimum absolute atomic E-state index is 0.0662. The van der Waals surface area contributed by atoms with E-state index in [1.165, 1.54) is 6.20 Å². The second-order valence-corrected chi connectivity index (χ2v) is 4.86. The molecule has 19 heavy (non-hydrogen) atoms. The van der Waals surface area contributed by atoms with Crippen molar-refractivity contribution in [3.63, 3.8) is 0 Å². The maximum absolute atomic E-state index is 11.4. The highest BCUT2D eigenvalue weighted by atomic mass is 16.4. The van der Waals surface area contributed by atoms with Crippen molar-refractivity contribution in [3.8, 4) is 0 Å². The number of piperidine rings is 1. The Hall–Kier alpha value is -2.11. The molecule has 1 aliphatic heterocycles. The Balaban J connectivity index is 2.35. The van der Waals surface area contributed by atoms with Crippen LogP contribution in [0, 0.1) is 5.92 Å². The number of carboxylic acid groups (broad SMARTS) is 1. The lowest BCUT2D eigenvalue weighted by atomic mass is 9.90. The molecule has 2 rings (SSSR count). The van der Waals surface area contributed by atoms with Crippen molar-refractivity contribution in [2.45, 2.75) is 25.8 Å². The first-order valence-electron chi connectivity index (χ1n) is 6.26. The molecule has 1 fully saturated rings. The van der Waals surface area contributed by atoms with E-state index in [9.17, 15) is 14.7 Å². The summed E-state index contributed by atoms with van der Waals surface area (Å²) in [5.74, 6) is -1.39. The van der Waals surface area contributed by atoms with Gasteiger partial charge in [-0.2, -0.15) is 0 Å². The molecule has 6 heteroatoms. The van der Waals surface area contributed by atoms with Crippen LogP contribution >= 0.6 is 0 Å². The number of pyridine rings is 1. The molecule has 6 nitrogen and oxygen atoms in total. The number of primary amides is 1. The fourth-order valence-corrected chi connectivity index (χ4v) is 2.59. The summed E-state index contributed by atoms with van der Waals surface area (Å²) in [5.41, 5.74) is 6.03. The Labute approximate surface area is 111 Å². The Morgan fingerprint density at radius 3 is 2.89 bits per heavy atom. The van der Waals surface area contributed by atoms with Gasteiger partial charge in [0.2, 0.25) is 0 Å². The van der Waals surface area contributed by atoms with Crippen molar-refractivity contribution < 1.29 is 14.7 Å². The van der Waals surface area contributed by atoms with Gasteiger partial charge in [0.15, 0.2) is 0 Å². The molecule has 0 saturated carbocycles. The first-order valence-corrected chi connectivity index (χ1v) is 6.26. The number of aromatic nitrogens is 1. The number of carboxylic acids is 1. The van der Waals surface area contributed by atoms with Crippen LogP contribution in [0.15, 0.2) is 18.3 Å². The highest BCUT2D eigenvalue weighted by Gasteiger charge is 2.34. The fourth-order valence-electron chi connectivity index (χ4n) is 2.59. The van der Waals surface area contributed by atoms with Crippen molar-refractivity contribution in [1.29, 1.82) is 0 Å². The fraction of sp³-hybridized carbons (Fsp3) is 0.462. The summed E-state index contributed by atoms with van der Waals surface area (Å²) in [6.45, 7) is 2.59. The van der Waals surface area contributed by atoms with Crippen LogP contribution in [-0.2, 0) is 4.79 Å². The number of anilines is 1. The van der Waals surface area contributed by atoms with Gasteiger partial charge in [-0.25, -0.2) is 4.79 Å². The highest BCUT2D eigenvalue weighted by molar-refractivity contribution is 5.92. The largest absolute Gasteiger partial charge is 0.480 e. The quantitative estimate of drug-likeness (QED) is 0.843. The number of carbonyl (C=O) groups excluding carboxylic acids is 1. The molecule has 1 saturated heterocycles. The van der Waals surface area contributed by atoms with Gasteiger partial charge in [-0.15, -0.1) is 0 Å². The smallest absolute Gasteiger partial charge is 0.326 e. The van der Waals surface area contributed by atoms with Crippen LogP contribution in [0.25, 0.3) is 0 Å². The Morgan fingerprint density at radius 2 is 2.26 bits per heavy atom.